The molecule has 0 heterocycles. The smallest absolute Gasteiger partial charge is 0.257 e. The second-order valence-corrected chi connectivity index (χ2v) is 4.73. The molecule has 1 atom stereocenters. The van der Waals surface area contributed by atoms with Crippen molar-refractivity contribution in [2.24, 2.45) is 0 Å². The Morgan fingerprint density at radius 3 is 2.30 bits per heavy atom. The Kier molecular flexibility index (Phi) is 5.59. The van der Waals surface area contributed by atoms with Crippen molar-refractivity contribution in [3.63, 3.8) is 0 Å². The molecule has 2 rings (SSSR count). The summed E-state index contributed by atoms with van der Waals surface area (Å²) in [5.41, 5.74) is -0.709. The maximum atomic E-state index is 13.4. The Balaban J connectivity index is 1.83. The standard InChI is InChI=1S/C16H14F3NO3/c17-10-4-6-12(7-5-10)23-9-11(21)8-20-16(22)15-13(18)2-1-3-14(15)19/h1-7,11,21H,8-9H2,(H,20,22). The number of carbonyl (C=O) groups is 1. The molecule has 0 aromatic heterocycles. The Hall–Kier alpha value is -2.54. The first-order valence-electron chi connectivity index (χ1n) is 6.76. The lowest BCUT2D eigenvalue weighted by Gasteiger charge is -2.13. The van der Waals surface area contributed by atoms with Crippen LogP contribution in [-0.4, -0.2) is 30.3 Å². The fraction of sp³-hybridized carbons (Fsp3) is 0.188. The van der Waals surface area contributed by atoms with Gasteiger partial charge in [-0.15, -0.1) is 0 Å². The van der Waals surface area contributed by atoms with Gasteiger partial charge in [0.25, 0.3) is 5.91 Å². The van der Waals surface area contributed by atoms with E-state index in [1.54, 1.807) is 0 Å². The molecule has 2 N–H and O–H groups in total. The summed E-state index contributed by atoms with van der Waals surface area (Å²) in [4.78, 5) is 11.7. The highest BCUT2D eigenvalue weighted by molar-refractivity contribution is 5.94. The van der Waals surface area contributed by atoms with Gasteiger partial charge in [-0.3, -0.25) is 4.79 Å². The number of hydrogen-bond donors (Lipinski definition) is 2. The molecule has 0 spiro atoms. The van der Waals surface area contributed by atoms with Crippen molar-refractivity contribution in [2.75, 3.05) is 13.2 Å². The Morgan fingerprint density at radius 2 is 1.70 bits per heavy atom. The molecule has 2 aromatic rings. The van der Waals surface area contributed by atoms with Crippen LogP contribution in [0, 0.1) is 17.5 Å². The summed E-state index contributed by atoms with van der Waals surface area (Å²) in [5, 5.41) is 11.9. The van der Waals surface area contributed by atoms with Gasteiger partial charge in [-0.1, -0.05) is 6.07 Å². The molecular weight excluding hydrogens is 311 g/mol. The van der Waals surface area contributed by atoms with Crippen LogP contribution in [-0.2, 0) is 0 Å². The zero-order valence-corrected chi connectivity index (χ0v) is 11.9. The number of aliphatic hydroxyl groups is 1. The first-order chi connectivity index (χ1) is 11.0. The Bertz CT molecular complexity index is 657. The molecule has 1 amide bonds. The number of carbonyl (C=O) groups excluding carboxylic acids is 1. The van der Waals surface area contributed by atoms with Crippen LogP contribution in [0.1, 0.15) is 10.4 Å². The molecule has 0 aliphatic rings. The van der Waals surface area contributed by atoms with E-state index < -0.39 is 35.0 Å². The van der Waals surface area contributed by atoms with Crippen LogP contribution in [0.2, 0.25) is 0 Å². The monoisotopic (exact) mass is 325 g/mol. The summed E-state index contributed by atoms with van der Waals surface area (Å²) in [5.74, 6) is -3.02. The highest BCUT2D eigenvalue weighted by atomic mass is 19.1. The molecule has 0 radical (unpaired) electrons. The van der Waals surface area contributed by atoms with Gasteiger partial charge < -0.3 is 15.2 Å². The van der Waals surface area contributed by atoms with Gasteiger partial charge in [0, 0.05) is 6.54 Å². The highest BCUT2D eigenvalue weighted by Crippen LogP contribution is 2.12. The molecule has 0 fully saturated rings. The van der Waals surface area contributed by atoms with Crippen molar-refractivity contribution >= 4 is 5.91 Å². The van der Waals surface area contributed by atoms with Crippen LogP contribution in [0.4, 0.5) is 13.2 Å². The number of halogens is 3. The van der Waals surface area contributed by atoms with Gasteiger partial charge in [-0.25, -0.2) is 13.2 Å². The Labute approximate surface area is 130 Å². The average Bonchev–Trinajstić information content (AvgIpc) is 2.52. The number of amides is 1. The number of aliphatic hydroxyl groups excluding tert-OH is 1. The van der Waals surface area contributed by atoms with Crippen molar-refractivity contribution in [1.29, 1.82) is 0 Å². The van der Waals surface area contributed by atoms with E-state index >= 15 is 0 Å². The zero-order valence-electron chi connectivity index (χ0n) is 11.9. The molecular formula is C16H14F3NO3. The minimum absolute atomic E-state index is 0.175. The Morgan fingerprint density at radius 1 is 1.09 bits per heavy atom. The highest BCUT2D eigenvalue weighted by Gasteiger charge is 2.17. The molecule has 7 heteroatoms. The lowest BCUT2D eigenvalue weighted by molar-refractivity contribution is 0.0837. The molecule has 122 valence electrons. The molecule has 1 unspecified atom stereocenters. The van der Waals surface area contributed by atoms with Gasteiger partial charge in [0.1, 0.15) is 41.5 Å². The van der Waals surface area contributed by atoms with Gasteiger partial charge in [0.15, 0.2) is 0 Å². The topological polar surface area (TPSA) is 58.6 Å². The van der Waals surface area contributed by atoms with Crippen molar-refractivity contribution in [3.8, 4) is 5.75 Å². The van der Waals surface area contributed by atoms with Crippen LogP contribution >= 0.6 is 0 Å². The van der Waals surface area contributed by atoms with Crippen molar-refractivity contribution in [1.82, 2.24) is 5.32 Å². The molecule has 0 aliphatic carbocycles. The van der Waals surface area contributed by atoms with Gasteiger partial charge in [-0.2, -0.15) is 0 Å². The maximum absolute atomic E-state index is 13.4. The van der Waals surface area contributed by atoms with E-state index in [0.29, 0.717) is 5.75 Å². The van der Waals surface area contributed by atoms with E-state index in [1.165, 1.54) is 24.3 Å². The first-order valence-corrected chi connectivity index (χ1v) is 6.76. The molecule has 0 aliphatic heterocycles. The molecule has 2 aromatic carbocycles. The van der Waals surface area contributed by atoms with Gasteiger partial charge >= 0.3 is 0 Å². The fourth-order valence-electron chi connectivity index (χ4n) is 1.80. The third kappa shape index (κ3) is 4.72. The van der Waals surface area contributed by atoms with Crippen molar-refractivity contribution in [3.05, 3.63) is 65.5 Å². The van der Waals surface area contributed by atoms with E-state index in [0.717, 1.165) is 18.2 Å². The third-order valence-corrected chi connectivity index (χ3v) is 2.94. The summed E-state index contributed by atoms with van der Waals surface area (Å²) < 4.78 is 44.7. The summed E-state index contributed by atoms with van der Waals surface area (Å²) in [7, 11) is 0. The van der Waals surface area contributed by atoms with Crippen molar-refractivity contribution in [2.45, 2.75) is 6.10 Å². The second-order valence-electron chi connectivity index (χ2n) is 4.73. The lowest BCUT2D eigenvalue weighted by atomic mass is 10.2. The second kappa shape index (κ2) is 7.64. The van der Waals surface area contributed by atoms with Crippen LogP contribution < -0.4 is 10.1 Å². The molecule has 23 heavy (non-hydrogen) atoms. The molecule has 0 bridgehead atoms. The van der Waals surface area contributed by atoms with E-state index in [9.17, 15) is 23.1 Å². The van der Waals surface area contributed by atoms with E-state index in [-0.39, 0.29) is 13.2 Å². The van der Waals surface area contributed by atoms with Crippen LogP contribution in [0.5, 0.6) is 5.75 Å². The third-order valence-electron chi connectivity index (χ3n) is 2.94. The van der Waals surface area contributed by atoms with E-state index in [4.69, 9.17) is 4.74 Å². The number of rotatable bonds is 6. The molecule has 4 nitrogen and oxygen atoms in total. The van der Waals surface area contributed by atoms with Crippen molar-refractivity contribution < 1.29 is 27.8 Å². The zero-order chi connectivity index (χ0) is 16.8. The van der Waals surface area contributed by atoms with Gasteiger partial charge in [-0.05, 0) is 36.4 Å². The van der Waals surface area contributed by atoms with Crippen LogP contribution in [0.25, 0.3) is 0 Å². The summed E-state index contributed by atoms with van der Waals surface area (Å²) in [6, 6.07) is 8.24. The fourth-order valence-corrected chi connectivity index (χ4v) is 1.80. The summed E-state index contributed by atoms with van der Waals surface area (Å²) >= 11 is 0. The minimum Gasteiger partial charge on any atom is -0.491 e. The predicted octanol–water partition coefficient (Wildman–Crippen LogP) is 2.27. The van der Waals surface area contributed by atoms with Gasteiger partial charge in [0.05, 0.1) is 0 Å². The van der Waals surface area contributed by atoms with Gasteiger partial charge in [0.2, 0.25) is 0 Å². The number of benzene rings is 2. The lowest BCUT2D eigenvalue weighted by Crippen LogP contribution is -2.36. The summed E-state index contributed by atoms with van der Waals surface area (Å²) in [6.45, 7) is -0.431. The van der Waals surface area contributed by atoms with E-state index in [1.807, 2.05) is 0 Å². The average molecular weight is 325 g/mol. The molecule has 0 saturated carbocycles. The quantitative estimate of drug-likeness (QED) is 0.857. The number of nitrogens with one attached hydrogen (secondary N) is 1. The first kappa shape index (κ1) is 16.8. The SMILES string of the molecule is O=C(NCC(O)COc1ccc(F)cc1)c1c(F)cccc1F. The molecule has 0 saturated heterocycles. The largest absolute Gasteiger partial charge is 0.491 e. The number of hydrogen-bond acceptors (Lipinski definition) is 3. The maximum Gasteiger partial charge on any atom is 0.257 e. The predicted molar refractivity (Wildman–Crippen MR) is 76.6 cm³/mol. The summed E-state index contributed by atoms with van der Waals surface area (Å²) in [6.07, 6.45) is -1.10. The normalized spacial score (nSPS) is 11.8. The minimum atomic E-state index is -1.10. The van der Waals surface area contributed by atoms with Crippen LogP contribution in [0.15, 0.2) is 42.5 Å². The van der Waals surface area contributed by atoms with E-state index in [2.05, 4.69) is 5.32 Å². The van der Waals surface area contributed by atoms with Crippen LogP contribution in [0.3, 0.4) is 0 Å². The number of ether oxygens (including phenoxy) is 1.